The highest BCUT2D eigenvalue weighted by molar-refractivity contribution is 5.68. The van der Waals surface area contributed by atoms with Crippen molar-refractivity contribution in [3.05, 3.63) is 23.5 Å². The first-order valence-corrected chi connectivity index (χ1v) is 11.3. The Hall–Kier alpha value is -2.64. The number of carbonyl (C=O) groups is 1. The summed E-state index contributed by atoms with van der Waals surface area (Å²) in [4.78, 5) is 19.0. The van der Waals surface area contributed by atoms with Crippen LogP contribution in [0.25, 0.3) is 11.4 Å². The zero-order chi connectivity index (χ0) is 22.0. The molecule has 8 nitrogen and oxygen atoms in total. The van der Waals surface area contributed by atoms with Gasteiger partial charge in [0.15, 0.2) is 0 Å². The van der Waals surface area contributed by atoms with E-state index in [2.05, 4.69) is 24.2 Å². The van der Waals surface area contributed by atoms with Crippen LogP contribution in [-0.2, 0) is 18.4 Å². The molecule has 1 amide bonds. The molecule has 8 heteroatoms. The minimum Gasteiger partial charge on any atom is -0.489 e. The predicted octanol–water partition coefficient (Wildman–Crippen LogP) is 4.27. The molecule has 3 heterocycles. The Morgan fingerprint density at radius 2 is 2.00 bits per heavy atom. The summed E-state index contributed by atoms with van der Waals surface area (Å²) in [6, 6.07) is 3.87. The molecule has 1 aliphatic carbocycles. The summed E-state index contributed by atoms with van der Waals surface area (Å²) in [6.07, 6.45) is 6.94. The van der Waals surface area contributed by atoms with Crippen molar-refractivity contribution in [3.8, 4) is 17.1 Å². The van der Waals surface area contributed by atoms with Gasteiger partial charge in [-0.3, -0.25) is 0 Å². The Labute approximate surface area is 183 Å². The summed E-state index contributed by atoms with van der Waals surface area (Å²) >= 11 is 0. The fourth-order valence-corrected chi connectivity index (χ4v) is 4.39. The SMILES string of the molecule is Cc1nc(-c2nnn(C)c2COC(=O)N2CCC(C)(C)C2)ccc1OC1CCCCC1. The van der Waals surface area contributed by atoms with Gasteiger partial charge in [0.05, 0.1) is 17.5 Å². The van der Waals surface area contributed by atoms with Crippen molar-refractivity contribution in [3.63, 3.8) is 0 Å². The van der Waals surface area contributed by atoms with Gasteiger partial charge in [0, 0.05) is 20.1 Å². The van der Waals surface area contributed by atoms with Crippen LogP contribution >= 0.6 is 0 Å². The van der Waals surface area contributed by atoms with Crippen molar-refractivity contribution in [2.45, 2.75) is 72.0 Å². The molecular weight excluding hydrogens is 394 g/mol. The molecule has 1 aliphatic heterocycles. The molecule has 2 aromatic rings. The number of carbonyl (C=O) groups excluding carboxylic acids is 1. The Balaban J connectivity index is 1.44. The van der Waals surface area contributed by atoms with Crippen LogP contribution in [0.4, 0.5) is 4.79 Å². The average molecular weight is 428 g/mol. The summed E-state index contributed by atoms with van der Waals surface area (Å²) in [6.45, 7) is 7.83. The largest absolute Gasteiger partial charge is 0.489 e. The minimum atomic E-state index is -0.293. The molecule has 1 saturated heterocycles. The third-order valence-corrected chi connectivity index (χ3v) is 6.34. The summed E-state index contributed by atoms with van der Waals surface area (Å²) in [5.41, 5.74) is 3.02. The summed E-state index contributed by atoms with van der Waals surface area (Å²) in [7, 11) is 1.80. The van der Waals surface area contributed by atoms with Gasteiger partial charge in [-0.05, 0) is 56.6 Å². The molecule has 0 spiro atoms. The predicted molar refractivity (Wildman–Crippen MR) is 117 cm³/mol. The molecule has 2 fully saturated rings. The maximum Gasteiger partial charge on any atom is 0.410 e. The molecule has 2 aromatic heterocycles. The van der Waals surface area contributed by atoms with E-state index < -0.39 is 0 Å². The van der Waals surface area contributed by atoms with E-state index in [9.17, 15) is 4.79 Å². The smallest absolute Gasteiger partial charge is 0.410 e. The van der Waals surface area contributed by atoms with E-state index in [1.165, 1.54) is 19.3 Å². The Bertz CT molecular complexity index is 933. The van der Waals surface area contributed by atoms with Crippen LogP contribution in [0, 0.1) is 12.3 Å². The van der Waals surface area contributed by atoms with Gasteiger partial charge in [-0.25, -0.2) is 14.5 Å². The number of pyridine rings is 1. The number of likely N-dealkylation sites (tertiary alicyclic amines) is 1. The second-order valence-electron chi connectivity index (χ2n) is 9.56. The highest BCUT2D eigenvalue weighted by Gasteiger charge is 2.33. The Kier molecular flexibility index (Phi) is 6.16. The van der Waals surface area contributed by atoms with Crippen molar-refractivity contribution < 1.29 is 14.3 Å². The van der Waals surface area contributed by atoms with Crippen LogP contribution in [0.3, 0.4) is 0 Å². The van der Waals surface area contributed by atoms with E-state index in [4.69, 9.17) is 14.5 Å². The second kappa shape index (κ2) is 8.85. The fraction of sp³-hybridized carbons (Fsp3) is 0.652. The zero-order valence-corrected chi connectivity index (χ0v) is 19.1. The van der Waals surface area contributed by atoms with E-state index in [0.717, 1.165) is 42.9 Å². The molecule has 0 atom stereocenters. The number of hydrogen-bond acceptors (Lipinski definition) is 6. The zero-order valence-electron chi connectivity index (χ0n) is 19.1. The standard InChI is InChI=1S/C23H33N5O3/c1-16-20(31-17-8-6-5-7-9-17)11-10-18(24-16)21-19(27(4)26-25-21)14-30-22(29)28-13-12-23(2,3)15-28/h10-11,17H,5-9,12-15H2,1-4H3. The molecule has 2 aliphatic rings. The summed E-state index contributed by atoms with van der Waals surface area (Å²) in [5.74, 6) is 0.823. The van der Waals surface area contributed by atoms with Gasteiger partial charge in [-0.15, -0.1) is 5.10 Å². The fourth-order valence-electron chi connectivity index (χ4n) is 4.39. The maximum absolute atomic E-state index is 12.5. The van der Waals surface area contributed by atoms with E-state index in [-0.39, 0.29) is 24.2 Å². The lowest BCUT2D eigenvalue weighted by Crippen LogP contribution is -2.31. The maximum atomic E-state index is 12.5. The number of nitrogens with zero attached hydrogens (tertiary/aromatic N) is 5. The molecule has 168 valence electrons. The number of aromatic nitrogens is 4. The average Bonchev–Trinajstić information content (AvgIpc) is 3.30. The minimum absolute atomic E-state index is 0.107. The van der Waals surface area contributed by atoms with Crippen molar-refractivity contribution >= 4 is 6.09 Å². The van der Waals surface area contributed by atoms with Gasteiger partial charge in [0.1, 0.15) is 23.7 Å². The summed E-state index contributed by atoms with van der Waals surface area (Å²) < 4.78 is 13.4. The third-order valence-electron chi connectivity index (χ3n) is 6.34. The van der Waals surface area contributed by atoms with Crippen LogP contribution in [0.15, 0.2) is 12.1 Å². The van der Waals surface area contributed by atoms with Crippen LogP contribution in [-0.4, -0.2) is 50.2 Å². The topological polar surface area (TPSA) is 82.4 Å². The number of amides is 1. The first-order valence-electron chi connectivity index (χ1n) is 11.3. The molecule has 1 saturated carbocycles. The van der Waals surface area contributed by atoms with Gasteiger partial charge < -0.3 is 14.4 Å². The van der Waals surface area contributed by atoms with Crippen LogP contribution in [0.1, 0.15) is 63.8 Å². The van der Waals surface area contributed by atoms with E-state index >= 15 is 0 Å². The lowest BCUT2D eigenvalue weighted by molar-refractivity contribution is 0.0989. The molecule has 0 bridgehead atoms. The molecule has 0 aromatic carbocycles. The lowest BCUT2D eigenvalue weighted by atomic mass is 9.93. The molecule has 0 radical (unpaired) electrons. The van der Waals surface area contributed by atoms with Crippen molar-refractivity contribution in [2.24, 2.45) is 12.5 Å². The van der Waals surface area contributed by atoms with Gasteiger partial charge in [0.2, 0.25) is 0 Å². The van der Waals surface area contributed by atoms with Gasteiger partial charge in [-0.2, -0.15) is 0 Å². The summed E-state index contributed by atoms with van der Waals surface area (Å²) in [5, 5.41) is 8.40. The van der Waals surface area contributed by atoms with Gasteiger partial charge >= 0.3 is 6.09 Å². The quantitative estimate of drug-likeness (QED) is 0.709. The van der Waals surface area contributed by atoms with Crippen molar-refractivity contribution in [1.29, 1.82) is 0 Å². The second-order valence-corrected chi connectivity index (χ2v) is 9.56. The van der Waals surface area contributed by atoms with Gasteiger partial charge in [-0.1, -0.05) is 25.5 Å². The molecule has 4 rings (SSSR count). The van der Waals surface area contributed by atoms with E-state index in [1.54, 1.807) is 16.6 Å². The number of ether oxygens (including phenoxy) is 2. The van der Waals surface area contributed by atoms with E-state index in [0.29, 0.717) is 17.9 Å². The molecular formula is C23H33N5O3. The van der Waals surface area contributed by atoms with E-state index in [1.807, 2.05) is 19.1 Å². The van der Waals surface area contributed by atoms with Crippen LogP contribution < -0.4 is 4.74 Å². The third kappa shape index (κ3) is 4.99. The van der Waals surface area contributed by atoms with Crippen LogP contribution in [0.2, 0.25) is 0 Å². The number of aryl methyl sites for hydroxylation is 2. The highest BCUT2D eigenvalue weighted by atomic mass is 16.6. The molecule has 31 heavy (non-hydrogen) atoms. The van der Waals surface area contributed by atoms with Crippen molar-refractivity contribution in [1.82, 2.24) is 24.9 Å². The number of hydrogen-bond donors (Lipinski definition) is 0. The van der Waals surface area contributed by atoms with Gasteiger partial charge in [0.25, 0.3) is 0 Å². The first kappa shape index (κ1) is 21.6. The highest BCUT2D eigenvalue weighted by Crippen LogP contribution is 2.30. The number of rotatable bonds is 5. The van der Waals surface area contributed by atoms with Crippen LogP contribution in [0.5, 0.6) is 5.75 Å². The monoisotopic (exact) mass is 427 g/mol. The van der Waals surface area contributed by atoms with Crippen molar-refractivity contribution in [2.75, 3.05) is 13.1 Å². The Morgan fingerprint density at radius 1 is 1.23 bits per heavy atom. The lowest BCUT2D eigenvalue weighted by Gasteiger charge is -2.23. The molecule has 0 N–H and O–H groups in total. The Morgan fingerprint density at radius 3 is 2.68 bits per heavy atom. The normalized spacial score (nSPS) is 18.9. The molecule has 0 unspecified atom stereocenters. The first-order chi connectivity index (χ1) is 14.8.